The number of hydrogen-bond acceptors (Lipinski definition) is 4. The predicted molar refractivity (Wildman–Crippen MR) is 87.5 cm³/mol. The lowest BCUT2D eigenvalue weighted by atomic mass is 10.1. The van der Waals surface area contributed by atoms with Crippen molar-refractivity contribution in [2.75, 3.05) is 23.3 Å². The number of nitrogens with one attached hydrogen (secondary N) is 1. The van der Waals surface area contributed by atoms with Gasteiger partial charge in [0.25, 0.3) is 5.91 Å². The van der Waals surface area contributed by atoms with Gasteiger partial charge in [0.15, 0.2) is 0 Å². The zero-order valence-electron chi connectivity index (χ0n) is 13.4. The topological polar surface area (TPSA) is 58.1 Å². The first-order chi connectivity index (χ1) is 11.9. The number of amides is 1. The normalized spacial score (nSPS) is 15.1. The van der Waals surface area contributed by atoms with Gasteiger partial charge in [-0.2, -0.15) is 13.2 Å². The minimum absolute atomic E-state index is 0.131. The molecule has 1 fully saturated rings. The third kappa shape index (κ3) is 4.26. The van der Waals surface area contributed by atoms with Crippen molar-refractivity contribution in [3.8, 4) is 0 Å². The Hall–Kier alpha value is -2.64. The molecule has 132 valence electrons. The molecular formula is C17H17F3N4O. The summed E-state index contributed by atoms with van der Waals surface area (Å²) in [4.78, 5) is 22.5. The number of nitrogens with zero attached hydrogens (tertiary/aromatic N) is 3. The van der Waals surface area contributed by atoms with E-state index in [-0.39, 0.29) is 5.56 Å². The molecule has 0 unspecified atom stereocenters. The molecule has 25 heavy (non-hydrogen) atoms. The Morgan fingerprint density at radius 1 is 1.04 bits per heavy atom. The second kappa shape index (κ2) is 7.08. The summed E-state index contributed by atoms with van der Waals surface area (Å²) in [5, 5.41) is 2.60. The smallest absolute Gasteiger partial charge is 0.356 e. The van der Waals surface area contributed by atoms with Gasteiger partial charge in [0, 0.05) is 24.7 Å². The van der Waals surface area contributed by atoms with E-state index in [2.05, 4.69) is 20.2 Å². The SMILES string of the molecule is O=C(Nc1cc(N2CCCCC2)ncn1)c1ccc(C(F)(F)F)cc1. The van der Waals surface area contributed by atoms with Crippen molar-refractivity contribution >= 4 is 17.5 Å². The monoisotopic (exact) mass is 350 g/mol. The maximum Gasteiger partial charge on any atom is 0.416 e. The van der Waals surface area contributed by atoms with Crippen LogP contribution in [0, 0.1) is 0 Å². The number of anilines is 2. The van der Waals surface area contributed by atoms with Gasteiger partial charge in [0.05, 0.1) is 5.56 Å². The van der Waals surface area contributed by atoms with E-state index >= 15 is 0 Å². The van der Waals surface area contributed by atoms with Gasteiger partial charge >= 0.3 is 6.18 Å². The van der Waals surface area contributed by atoms with Crippen LogP contribution in [-0.4, -0.2) is 29.0 Å². The predicted octanol–water partition coefficient (Wildman–Crippen LogP) is 3.74. The highest BCUT2D eigenvalue weighted by Gasteiger charge is 2.30. The third-order valence-corrected chi connectivity index (χ3v) is 4.05. The summed E-state index contributed by atoms with van der Waals surface area (Å²) in [5.74, 6) is 0.537. The molecule has 2 aromatic rings. The summed E-state index contributed by atoms with van der Waals surface area (Å²) in [6, 6.07) is 5.73. The zero-order chi connectivity index (χ0) is 17.9. The van der Waals surface area contributed by atoms with Crippen molar-refractivity contribution < 1.29 is 18.0 Å². The van der Waals surface area contributed by atoms with Gasteiger partial charge in [0.2, 0.25) is 0 Å². The highest BCUT2D eigenvalue weighted by molar-refractivity contribution is 6.03. The molecule has 2 heterocycles. The summed E-state index contributed by atoms with van der Waals surface area (Å²) >= 11 is 0. The summed E-state index contributed by atoms with van der Waals surface area (Å²) < 4.78 is 37.7. The molecule has 0 radical (unpaired) electrons. The lowest BCUT2D eigenvalue weighted by Gasteiger charge is -2.27. The Kier molecular flexibility index (Phi) is 4.87. The Labute approximate surface area is 142 Å². The Morgan fingerprint density at radius 3 is 2.36 bits per heavy atom. The molecule has 1 saturated heterocycles. The number of carbonyl (C=O) groups excluding carboxylic acids is 1. The zero-order valence-corrected chi connectivity index (χ0v) is 13.4. The maximum atomic E-state index is 12.6. The number of halogens is 3. The molecule has 1 N–H and O–H groups in total. The van der Waals surface area contributed by atoms with Gasteiger partial charge in [-0.3, -0.25) is 4.79 Å². The molecule has 0 saturated carbocycles. The van der Waals surface area contributed by atoms with E-state index in [0.717, 1.165) is 56.0 Å². The fourth-order valence-corrected chi connectivity index (χ4v) is 2.71. The second-order valence-electron chi connectivity index (χ2n) is 5.84. The van der Waals surface area contributed by atoms with Crippen molar-refractivity contribution in [3.05, 3.63) is 47.8 Å². The molecule has 5 nitrogen and oxygen atoms in total. The first kappa shape index (κ1) is 17.2. The molecule has 1 amide bonds. The molecule has 3 rings (SSSR count). The number of alkyl halides is 3. The first-order valence-corrected chi connectivity index (χ1v) is 7.99. The van der Waals surface area contributed by atoms with E-state index < -0.39 is 17.6 Å². The van der Waals surface area contributed by atoms with Crippen LogP contribution in [0.5, 0.6) is 0 Å². The number of carbonyl (C=O) groups is 1. The minimum atomic E-state index is -4.43. The first-order valence-electron chi connectivity index (χ1n) is 7.99. The van der Waals surface area contributed by atoms with Crippen LogP contribution < -0.4 is 10.2 Å². The number of hydrogen-bond donors (Lipinski definition) is 1. The van der Waals surface area contributed by atoms with Crippen LogP contribution in [0.3, 0.4) is 0 Å². The molecule has 1 aliphatic rings. The average Bonchev–Trinajstić information content (AvgIpc) is 2.62. The van der Waals surface area contributed by atoms with Crippen LogP contribution in [0.15, 0.2) is 36.7 Å². The molecule has 0 atom stereocenters. The van der Waals surface area contributed by atoms with Crippen molar-refractivity contribution in [1.82, 2.24) is 9.97 Å². The molecule has 0 spiro atoms. The fraction of sp³-hybridized carbons (Fsp3) is 0.353. The van der Waals surface area contributed by atoms with Crippen LogP contribution in [0.1, 0.15) is 35.2 Å². The van der Waals surface area contributed by atoms with E-state index in [9.17, 15) is 18.0 Å². The minimum Gasteiger partial charge on any atom is -0.356 e. The van der Waals surface area contributed by atoms with Crippen molar-refractivity contribution in [1.29, 1.82) is 0 Å². The largest absolute Gasteiger partial charge is 0.416 e. The van der Waals surface area contributed by atoms with Gasteiger partial charge in [-0.1, -0.05) is 0 Å². The molecule has 0 aliphatic carbocycles. The third-order valence-electron chi connectivity index (χ3n) is 4.05. The highest BCUT2D eigenvalue weighted by atomic mass is 19.4. The van der Waals surface area contributed by atoms with Gasteiger partial charge in [-0.15, -0.1) is 0 Å². The summed E-state index contributed by atoms with van der Waals surface area (Å²) in [5.41, 5.74) is -0.662. The van der Waals surface area contributed by atoms with Crippen LogP contribution in [-0.2, 0) is 6.18 Å². The summed E-state index contributed by atoms with van der Waals surface area (Å²) in [6.45, 7) is 1.81. The van der Waals surface area contributed by atoms with Gasteiger partial charge in [0.1, 0.15) is 18.0 Å². The number of piperidine rings is 1. The van der Waals surface area contributed by atoms with E-state index in [1.807, 2.05) is 0 Å². The van der Waals surface area contributed by atoms with Crippen LogP contribution in [0.4, 0.5) is 24.8 Å². The number of aromatic nitrogens is 2. The van der Waals surface area contributed by atoms with Crippen molar-refractivity contribution in [2.45, 2.75) is 25.4 Å². The lowest BCUT2D eigenvalue weighted by Crippen LogP contribution is -2.30. The van der Waals surface area contributed by atoms with Gasteiger partial charge in [-0.05, 0) is 43.5 Å². The van der Waals surface area contributed by atoms with E-state index in [0.29, 0.717) is 5.82 Å². The van der Waals surface area contributed by atoms with E-state index in [1.165, 1.54) is 12.7 Å². The lowest BCUT2D eigenvalue weighted by molar-refractivity contribution is -0.137. The van der Waals surface area contributed by atoms with E-state index in [4.69, 9.17) is 0 Å². The number of benzene rings is 1. The molecule has 1 aliphatic heterocycles. The molecular weight excluding hydrogens is 333 g/mol. The molecule has 1 aromatic heterocycles. The Morgan fingerprint density at radius 2 is 1.72 bits per heavy atom. The Bertz CT molecular complexity index is 740. The van der Waals surface area contributed by atoms with Crippen LogP contribution in [0.25, 0.3) is 0 Å². The summed E-state index contributed by atoms with van der Waals surface area (Å²) in [7, 11) is 0. The van der Waals surface area contributed by atoms with Gasteiger partial charge < -0.3 is 10.2 Å². The second-order valence-corrected chi connectivity index (χ2v) is 5.84. The van der Waals surface area contributed by atoms with Gasteiger partial charge in [-0.25, -0.2) is 9.97 Å². The van der Waals surface area contributed by atoms with Crippen LogP contribution >= 0.6 is 0 Å². The fourth-order valence-electron chi connectivity index (χ4n) is 2.71. The molecule has 1 aromatic carbocycles. The number of rotatable bonds is 3. The summed E-state index contributed by atoms with van der Waals surface area (Å²) in [6.07, 6.45) is 0.324. The van der Waals surface area contributed by atoms with Crippen LogP contribution in [0.2, 0.25) is 0 Å². The average molecular weight is 350 g/mol. The molecule has 8 heteroatoms. The molecule has 0 bridgehead atoms. The van der Waals surface area contributed by atoms with E-state index in [1.54, 1.807) is 6.07 Å². The highest BCUT2D eigenvalue weighted by Crippen LogP contribution is 2.29. The van der Waals surface area contributed by atoms with Crippen molar-refractivity contribution in [2.24, 2.45) is 0 Å². The standard InChI is InChI=1S/C17H17F3N4O/c18-17(19,20)13-6-4-12(5-7-13)16(25)23-14-10-15(22-11-21-14)24-8-2-1-3-9-24/h4-7,10-11H,1-3,8-9H2,(H,21,22,23,25). The quantitative estimate of drug-likeness (QED) is 0.916. The maximum absolute atomic E-state index is 12.6. The van der Waals surface area contributed by atoms with Crippen molar-refractivity contribution in [3.63, 3.8) is 0 Å². The Balaban J connectivity index is 1.70.